The van der Waals surface area contributed by atoms with Gasteiger partial charge in [-0.1, -0.05) is 12.5 Å². The number of hydrogen-bond acceptors (Lipinski definition) is 9. The van der Waals surface area contributed by atoms with Crippen LogP contribution in [0.25, 0.3) is 0 Å². The molecule has 0 saturated heterocycles. The van der Waals surface area contributed by atoms with Crippen LogP contribution in [0.5, 0.6) is 11.5 Å². The molecule has 1 aromatic heterocycles. The van der Waals surface area contributed by atoms with Crippen LogP contribution in [0.3, 0.4) is 0 Å². The number of aryl methyl sites for hydroxylation is 1. The zero-order valence-electron chi connectivity index (χ0n) is 22.2. The van der Waals surface area contributed by atoms with E-state index in [1.54, 1.807) is 55.5 Å². The van der Waals surface area contributed by atoms with Crippen molar-refractivity contribution in [3.8, 4) is 11.5 Å². The van der Waals surface area contributed by atoms with Gasteiger partial charge in [0, 0.05) is 4.88 Å². The van der Waals surface area contributed by atoms with Gasteiger partial charge in [0.15, 0.2) is 0 Å². The molecular formula is C29H29N3O7S. The molecule has 0 fully saturated rings. The molecule has 0 saturated carbocycles. The van der Waals surface area contributed by atoms with Crippen molar-refractivity contribution in [2.24, 2.45) is 5.10 Å². The number of ether oxygens (including phenoxy) is 3. The van der Waals surface area contributed by atoms with Crippen molar-refractivity contribution in [1.82, 2.24) is 5.43 Å². The minimum absolute atomic E-state index is 0.206. The summed E-state index contributed by atoms with van der Waals surface area (Å²) in [5.74, 6) is -2.11. The Morgan fingerprint density at radius 1 is 0.950 bits per heavy atom. The predicted molar refractivity (Wildman–Crippen MR) is 150 cm³/mol. The van der Waals surface area contributed by atoms with Crippen molar-refractivity contribution in [2.45, 2.75) is 39.0 Å². The zero-order valence-corrected chi connectivity index (χ0v) is 23.0. The number of amides is 2. The van der Waals surface area contributed by atoms with Crippen molar-refractivity contribution in [1.29, 1.82) is 0 Å². The number of esters is 2. The minimum Gasteiger partial charge on any atom is -0.497 e. The molecule has 2 amide bonds. The number of fused-ring (bicyclic) bond motifs is 1. The number of thiophene rings is 1. The third-order valence-corrected chi connectivity index (χ3v) is 7.32. The minimum atomic E-state index is -0.988. The number of anilines is 1. The number of hydrogen-bond donors (Lipinski definition) is 2. The lowest BCUT2D eigenvalue weighted by molar-refractivity contribution is -0.136. The van der Waals surface area contributed by atoms with Crippen LogP contribution in [0.4, 0.5) is 5.00 Å². The molecule has 1 heterocycles. The van der Waals surface area contributed by atoms with Gasteiger partial charge in [0.2, 0.25) is 0 Å². The van der Waals surface area contributed by atoms with E-state index in [1.807, 2.05) is 0 Å². The van der Waals surface area contributed by atoms with Gasteiger partial charge in [0.25, 0.3) is 0 Å². The lowest BCUT2D eigenvalue weighted by atomic mass is 10.1. The van der Waals surface area contributed by atoms with E-state index in [4.69, 9.17) is 14.2 Å². The molecule has 2 aromatic carbocycles. The fraction of sp³-hybridized carbons (Fsp3) is 0.276. The normalized spacial score (nSPS) is 12.7. The van der Waals surface area contributed by atoms with Crippen molar-refractivity contribution in [3.63, 3.8) is 0 Å². The third kappa shape index (κ3) is 7.11. The standard InChI is InChI=1S/C29H29N3O7S/c1-3-38-29(36)24-22-10-5-4-6-11-23(22)40-27(24)31-25(33)26(34)32-30-17-18-12-14-20(15-13-18)39-28(35)19-8-7-9-21(16-19)37-2/h7-9,12-17H,3-6,10-11H2,1-2H3,(H,31,33)(H,32,34). The number of rotatable bonds is 8. The van der Waals surface area contributed by atoms with E-state index in [0.29, 0.717) is 33.2 Å². The van der Waals surface area contributed by atoms with E-state index in [2.05, 4.69) is 15.8 Å². The Kier molecular flexibility index (Phi) is 9.63. The van der Waals surface area contributed by atoms with Gasteiger partial charge in [-0.2, -0.15) is 5.10 Å². The van der Waals surface area contributed by atoms with Crippen LogP contribution < -0.4 is 20.2 Å². The summed E-state index contributed by atoms with van der Waals surface area (Å²) >= 11 is 1.31. The van der Waals surface area contributed by atoms with E-state index < -0.39 is 23.8 Å². The molecule has 10 nitrogen and oxygen atoms in total. The number of benzene rings is 2. The summed E-state index contributed by atoms with van der Waals surface area (Å²) in [6.07, 6.45) is 5.91. The first-order valence-electron chi connectivity index (χ1n) is 12.8. The van der Waals surface area contributed by atoms with Gasteiger partial charge < -0.3 is 19.5 Å². The highest BCUT2D eigenvalue weighted by molar-refractivity contribution is 7.17. The topological polar surface area (TPSA) is 132 Å². The quantitative estimate of drug-likeness (QED) is 0.103. The van der Waals surface area contributed by atoms with Gasteiger partial charge in [-0.3, -0.25) is 9.59 Å². The van der Waals surface area contributed by atoms with Crippen LogP contribution in [-0.4, -0.2) is 43.7 Å². The first-order chi connectivity index (χ1) is 19.4. The number of carbonyl (C=O) groups is 4. The summed E-state index contributed by atoms with van der Waals surface area (Å²) < 4.78 is 15.7. The lowest BCUT2D eigenvalue weighted by Gasteiger charge is -2.08. The molecule has 1 aliphatic carbocycles. The fourth-order valence-electron chi connectivity index (χ4n) is 4.16. The summed E-state index contributed by atoms with van der Waals surface area (Å²) in [7, 11) is 1.51. The third-order valence-electron chi connectivity index (χ3n) is 6.11. The number of carbonyl (C=O) groups excluding carboxylic acids is 4. The summed E-state index contributed by atoms with van der Waals surface area (Å²) in [6, 6.07) is 13.0. The summed E-state index contributed by atoms with van der Waals surface area (Å²) in [5, 5.41) is 6.70. The Balaban J connectivity index is 1.34. The van der Waals surface area contributed by atoms with Gasteiger partial charge in [-0.15, -0.1) is 11.3 Å². The monoisotopic (exact) mass is 563 g/mol. The zero-order chi connectivity index (χ0) is 28.5. The molecule has 0 bridgehead atoms. The largest absolute Gasteiger partial charge is 0.497 e. The van der Waals surface area contributed by atoms with E-state index >= 15 is 0 Å². The molecule has 208 valence electrons. The van der Waals surface area contributed by atoms with Crippen LogP contribution in [-0.2, 0) is 27.2 Å². The molecule has 0 atom stereocenters. The molecule has 0 aliphatic heterocycles. The van der Waals surface area contributed by atoms with Crippen molar-refractivity contribution in [3.05, 3.63) is 75.7 Å². The second-order valence-corrected chi connectivity index (χ2v) is 9.94. The van der Waals surface area contributed by atoms with E-state index in [9.17, 15) is 19.2 Å². The lowest BCUT2D eigenvalue weighted by Crippen LogP contribution is -2.32. The maximum atomic E-state index is 12.6. The van der Waals surface area contributed by atoms with Crippen LogP contribution in [0.15, 0.2) is 53.6 Å². The van der Waals surface area contributed by atoms with E-state index in [1.165, 1.54) is 24.7 Å². The number of methoxy groups -OCH3 is 1. The highest BCUT2D eigenvalue weighted by atomic mass is 32.1. The molecule has 0 unspecified atom stereocenters. The second-order valence-electron chi connectivity index (χ2n) is 8.83. The van der Waals surface area contributed by atoms with Gasteiger partial charge in [0.05, 0.1) is 31.1 Å². The first kappa shape index (κ1) is 28.5. The van der Waals surface area contributed by atoms with Gasteiger partial charge >= 0.3 is 23.8 Å². The molecule has 0 radical (unpaired) electrons. The maximum absolute atomic E-state index is 12.6. The van der Waals surface area contributed by atoms with Crippen LogP contribution in [0.1, 0.15) is 62.9 Å². The van der Waals surface area contributed by atoms with E-state index in [0.717, 1.165) is 42.5 Å². The van der Waals surface area contributed by atoms with Crippen LogP contribution >= 0.6 is 11.3 Å². The molecular weight excluding hydrogens is 534 g/mol. The Morgan fingerprint density at radius 3 is 2.48 bits per heavy atom. The summed E-state index contributed by atoms with van der Waals surface area (Å²) in [4.78, 5) is 51.0. The van der Waals surface area contributed by atoms with Gasteiger partial charge in [-0.25, -0.2) is 15.0 Å². The Hall–Kier alpha value is -4.51. The fourth-order valence-corrected chi connectivity index (χ4v) is 5.44. The summed E-state index contributed by atoms with van der Waals surface area (Å²) in [6.45, 7) is 1.92. The number of hydrazone groups is 1. The van der Waals surface area contributed by atoms with Crippen LogP contribution in [0, 0.1) is 0 Å². The molecule has 40 heavy (non-hydrogen) atoms. The van der Waals surface area contributed by atoms with Crippen molar-refractivity contribution >= 4 is 46.3 Å². The smallest absolute Gasteiger partial charge is 0.343 e. The SMILES string of the molecule is CCOC(=O)c1c(NC(=O)C(=O)NN=Cc2ccc(OC(=O)c3cccc(OC)c3)cc2)sc2c1CCCCC2. The Bertz CT molecular complexity index is 1430. The molecule has 4 rings (SSSR count). The number of nitrogens with zero attached hydrogens (tertiary/aromatic N) is 1. The molecule has 0 spiro atoms. The second kappa shape index (κ2) is 13.5. The first-order valence-corrected chi connectivity index (χ1v) is 13.6. The van der Waals surface area contributed by atoms with Crippen molar-refractivity contribution < 1.29 is 33.4 Å². The average molecular weight is 564 g/mol. The van der Waals surface area contributed by atoms with Gasteiger partial charge in [0.1, 0.15) is 16.5 Å². The Labute approximate surface area is 235 Å². The molecule has 11 heteroatoms. The molecule has 1 aliphatic rings. The number of nitrogens with one attached hydrogen (secondary N) is 2. The van der Waals surface area contributed by atoms with Gasteiger partial charge in [-0.05, 0) is 86.2 Å². The highest BCUT2D eigenvalue weighted by Gasteiger charge is 2.27. The van der Waals surface area contributed by atoms with Crippen molar-refractivity contribution in [2.75, 3.05) is 19.0 Å². The predicted octanol–water partition coefficient (Wildman–Crippen LogP) is 4.51. The maximum Gasteiger partial charge on any atom is 0.343 e. The Morgan fingerprint density at radius 2 is 1.73 bits per heavy atom. The average Bonchev–Trinajstić information content (AvgIpc) is 3.13. The molecule has 3 aromatic rings. The highest BCUT2D eigenvalue weighted by Crippen LogP contribution is 2.38. The molecule has 2 N–H and O–H groups in total. The van der Waals surface area contributed by atoms with E-state index in [-0.39, 0.29) is 6.61 Å². The summed E-state index contributed by atoms with van der Waals surface area (Å²) in [5.41, 5.74) is 4.35. The van der Waals surface area contributed by atoms with Crippen LogP contribution in [0.2, 0.25) is 0 Å².